The first-order valence-corrected chi connectivity index (χ1v) is 7.80. The van der Waals surface area contributed by atoms with Gasteiger partial charge in [-0.15, -0.1) is 0 Å². The largest absolute Gasteiger partial charge is 0.472 e. The van der Waals surface area contributed by atoms with E-state index in [2.05, 4.69) is 15.9 Å². The Balaban J connectivity index is 1.83. The summed E-state index contributed by atoms with van der Waals surface area (Å²) in [4.78, 5) is 13.7. The number of amides is 1. The quantitative estimate of drug-likeness (QED) is 0.879. The number of rotatable bonds is 3. The van der Waals surface area contributed by atoms with Crippen LogP contribution in [0.1, 0.15) is 22.8 Å². The molecule has 0 fully saturated rings. The second kappa shape index (κ2) is 5.57. The summed E-state index contributed by atoms with van der Waals surface area (Å²) < 4.78 is 6.34. The molecule has 6 heteroatoms. The van der Waals surface area contributed by atoms with Crippen LogP contribution in [0.4, 0.5) is 0 Å². The number of carbonyl (C=O) groups is 1. The number of aliphatic hydroxyl groups is 1. The Morgan fingerprint density at radius 1 is 1.32 bits per heavy atom. The number of ether oxygens (including phenoxy) is 1. The number of halogens is 2. The topological polar surface area (TPSA) is 49.8 Å². The van der Waals surface area contributed by atoms with Crippen LogP contribution >= 0.6 is 27.5 Å². The number of carbonyl (C=O) groups excluding carboxylic acids is 1. The van der Waals surface area contributed by atoms with Crippen molar-refractivity contribution in [2.45, 2.75) is 12.6 Å². The van der Waals surface area contributed by atoms with E-state index in [4.69, 9.17) is 16.3 Å². The second-order valence-electron chi connectivity index (χ2n) is 5.15. The molecule has 114 valence electrons. The van der Waals surface area contributed by atoms with Crippen LogP contribution in [-0.4, -0.2) is 22.6 Å². The fourth-order valence-corrected chi connectivity index (χ4v) is 3.28. The first kappa shape index (κ1) is 15.3. The molecule has 1 unspecified atom stereocenters. The zero-order chi connectivity index (χ0) is 15.9. The third-order valence-corrected chi connectivity index (χ3v) is 4.54. The van der Waals surface area contributed by atoms with Crippen molar-refractivity contribution in [2.75, 3.05) is 6.73 Å². The molecule has 1 aliphatic rings. The Morgan fingerprint density at radius 2 is 2.05 bits per heavy atom. The zero-order valence-electron chi connectivity index (χ0n) is 11.7. The molecule has 2 aromatic carbocycles. The van der Waals surface area contributed by atoms with Crippen molar-refractivity contribution in [2.24, 2.45) is 0 Å². The average Bonchev–Trinajstić information content (AvgIpc) is 2.67. The van der Waals surface area contributed by atoms with E-state index in [-0.39, 0.29) is 12.6 Å². The van der Waals surface area contributed by atoms with Gasteiger partial charge in [-0.1, -0.05) is 29.8 Å². The van der Waals surface area contributed by atoms with Gasteiger partial charge in [0, 0.05) is 16.1 Å². The van der Waals surface area contributed by atoms with Gasteiger partial charge in [-0.05, 0) is 47.1 Å². The van der Waals surface area contributed by atoms with E-state index in [9.17, 15) is 9.90 Å². The van der Waals surface area contributed by atoms with Crippen LogP contribution in [0.25, 0.3) is 0 Å². The van der Waals surface area contributed by atoms with Crippen molar-refractivity contribution in [1.29, 1.82) is 0 Å². The third-order valence-electron chi connectivity index (χ3n) is 3.68. The average molecular weight is 383 g/mol. The second-order valence-corrected chi connectivity index (χ2v) is 6.44. The molecule has 1 heterocycles. The predicted molar refractivity (Wildman–Crippen MR) is 86.8 cm³/mol. The van der Waals surface area contributed by atoms with E-state index in [1.807, 2.05) is 0 Å². The third kappa shape index (κ3) is 2.49. The fraction of sp³-hybridized carbons (Fsp3) is 0.188. The molecule has 0 aromatic heterocycles. The van der Waals surface area contributed by atoms with E-state index in [1.54, 1.807) is 49.4 Å². The van der Waals surface area contributed by atoms with Crippen molar-refractivity contribution in [3.05, 3.63) is 63.1 Å². The molecule has 0 saturated carbocycles. The van der Waals surface area contributed by atoms with Crippen molar-refractivity contribution in [3.63, 3.8) is 0 Å². The van der Waals surface area contributed by atoms with Crippen LogP contribution in [0.3, 0.4) is 0 Å². The molecule has 1 aliphatic heterocycles. The van der Waals surface area contributed by atoms with E-state index < -0.39 is 5.72 Å². The van der Waals surface area contributed by atoms with Gasteiger partial charge in [0.25, 0.3) is 5.91 Å². The maximum absolute atomic E-state index is 12.4. The Bertz CT molecular complexity index is 748. The Kier molecular flexibility index (Phi) is 3.89. The van der Waals surface area contributed by atoms with Gasteiger partial charge in [0.15, 0.2) is 12.5 Å². The highest BCUT2D eigenvalue weighted by molar-refractivity contribution is 9.10. The predicted octanol–water partition coefficient (Wildman–Crippen LogP) is 3.76. The lowest BCUT2D eigenvalue weighted by Crippen LogP contribution is -2.43. The van der Waals surface area contributed by atoms with Gasteiger partial charge in [0.05, 0.1) is 4.47 Å². The number of nitrogens with zero attached hydrogens (tertiary/aromatic N) is 1. The maximum Gasteiger partial charge on any atom is 0.259 e. The molecular formula is C16H13BrClNO3. The fourth-order valence-electron chi connectivity index (χ4n) is 2.48. The molecular weight excluding hydrogens is 370 g/mol. The minimum absolute atomic E-state index is 0.0687. The van der Waals surface area contributed by atoms with Crippen LogP contribution < -0.4 is 4.74 Å². The summed E-state index contributed by atoms with van der Waals surface area (Å²) in [6.07, 6.45) is 0. The molecule has 1 atom stereocenters. The molecule has 22 heavy (non-hydrogen) atoms. The van der Waals surface area contributed by atoms with Crippen molar-refractivity contribution >= 4 is 33.4 Å². The van der Waals surface area contributed by atoms with Gasteiger partial charge in [0.2, 0.25) is 0 Å². The van der Waals surface area contributed by atoms with Gasteiger partial charge in [0.1, 0.15) is 5.75 Å². The van der Waals surface area contributed by atoms with Crippen molar-refractivity contribution < 1.29 is 14.6 Å². The van der Waals surface area contributed by atoms with Crippen LogP contribution in [0.15, 0.2) is 46.9 Å². The summed E-state index contributed by atoms with van der Waals surface area (Å²) in [7, 11) is 0. The molecule has 2 aromatic rings. The molecule has 3 rings (SSSR count). The lowest BCUT2D eigenvalue weighted by Gasteiger charge is -2.30. The normalized spacial score (nSPS) is 20.2. The SMILES string of the molecule is CC1(O)c2ccccc2C(=O)N1COc1ccc(Cl)cc1Br. The van der Waals surface area contributed by atoms with Gasteiger partial charge >= 0.3 is 0 Å². The van der Waals surface area contributed by atoms with Crippen LogP contribution in [0.2, 0.25) is 5.02 Å². The monoisotopic (exact) mass is 381 g/mol. The molecule has 0 spiro atoms. The standard InChI is InChI=1S/C16H13BrClNO3/c1-16(21)12-5-3-2-4-11(12)15(20)19(16)9-22-14-7-6-10(18)8-13(14)17/h2-8,21H,9H2,1H3. The highest BCUT2D eigenvalue weighted by Crippen LogP contribution is 2.37. The highest BCUT2D eigenvalue weighted by Gasteiger charge is 2.45. The summed E-state index contributed by atoms with van der Waals surface area (Å²) in [5.41, 5.74) is -0.322. The molecule has 0 saturated heterocycles. The number of fused-ring (bicyclic) bond motifs is 1. The minimum atomic E-state index is -1.40. The summed E-state index contributed by atoms with van der Waals surface area (Å²) in [5, 5.41) is 11.2. The van der Waals surface area contributed by atoms with E-state index in [1.165, 1.54) is 4.90 Å². The molecule has 4 nitrogen and oxygen atoms in total. The van der Waals surface area contributed by atoms with E-state index >= 15 is 0 Å². The Labute approximate surface area is 141 Å². The van der Waals surface area contributed by atoms with Crippen molar-refractivity contribution in [3.8, 4) is 5.75 Å². The molecule has 0 radical (unpaired) electrons. The maximum atomic E-state index is 12.4. The van der Waals surface area contributed by atoms with Gasteiger partial charge in [-0.3, -0.25) is 9.69 Å². The molecule has 1 N–H and O–H groups in total. The first-order valence-electron chi connectivity index (χ1n) is 6.63. The summed E-state index contributed by atoms with van der Waals surface area (Å²) in [6, 6.07) is 12.1. The number of hydrogen-bond donors (Lipinski definition) is 1. The molecule has 0 bridgehead atoms. The zero-order valence-corrected chi connectivity index (χ0v) is 14.1. The molecule has 1 amide bonds. The van der Waals surface area contributed by atoms with Gasteiger partial charge < -0.3 is 9.84 Å². The Morgan fingerprint density at radius 3 is 2.73 bits per heavy atom. The lowest BCUT2D eigenvalue weighted by molar-refractivity contribution is -0.0934. The Hall–Kier alpha value is -1.56. The van der Waals surface area contributed by atoms with Crippen LogP contribution in [-0.2, 0) is 5.72 Å². The summed E-state index contributed by atoms with van der Waals surface area (Å²) in [5.74, 6) is 0.287. The summed E-state index contributed by atoms with van der Waals surface area (Å²) >= 11 is 9.24. The van der Waals surface area contributed by atoms with Gasteiger partial charge in [-0.2, -0.15) is 0 Å². The van der Waals surface area contributed by atoms with Crippen molar-refractivity contribution in [1.82, 2.24) is 4.90 Å². The number of hydrogen-bond acceptors (Lipinski definition) is 3. The number of benzene rings is 2. The lowest BCUT2D eigenvalue weighted by atomic mass is 10.0. The van der Waals surface area contributed by atoms with E-state index in [0.717, 1.165) is 0 Å². The summed E-state index contributed by atoms with van der Waals surface area (Å²) in [6.45, 7) is 1.51. The smallest absolute Gasteiger partial charge is 0.259 e. The minimum Gasteiger partial charge on any atom is -0.472 e. The van der Waals surface area contributed by atoms with Gasteiger partial charge in [-0.25, -0.2) is 0 Å². The van der Waals surface area contributed by atoms with E-state index in [0.29, 0.717) is 26.4 Å². The molecule has 0 aliphatic carbocycles. The highest BCUT2D eigenvalue weighted by atomic mass is 79.9. The van der Waals surface area contributed by atoms with Crippen LogP contribution in [0.5, 0.6) is 5.75 Å². The first-order chi connectivity index (χ1) is 10.4. The van der Waals surface area contributed by atoms with Crippen LogP contribution in [0, 0.1) is 0 Å².